The molecule has 2 bridgehead atoms. The molecule has 1 aliphatic carbocycles. The number of nitrogens with zero attached hydrogens (tertiary/aromatic N) is 2. The number of aliphatic hydroxyl groups is 1. The highest BCUT2D eigenvalue weighted by Gasteiger charge is 2.52. The molecule has 2 atom stereocenters. The molecule has 1 aromatic heterocycles. The quantitative estimate of drug-likeness (QED) is 0.647. The average molecular weight is 415 g/mol. The Balaban J connectivity index is 1.35. The summed E-state index contributed by atoms with van der Waals surface area (Å²) in [5.41, 5.74) is 3.74. The van der Waals surface area contributed by atoms with Gasteiger partial charge in [-0.05, 0) is 59.9 Å². The second-order valence-electron chi connectivity index (χ2n) is 8.99. The smallest absolute Gasteiger partial charge is 0.119 e. The van der Waals surface area contributed by atoms with E-state index in [0.29, 0.717) is 0 Å². The maximum atomic E-state index is 11.7. The molecule has 1 saturated heterocycles. The Morgan fingerprint density at radius 2 is 1.71 bits per heavy atom. The van der Waals surface area contributed by atoms with Crippen molar-refractivity contribution in [3.63, 3.8) is 0 Å². The molecular formula is C27H30N2O2. The number of aromatic nitrogens is 1. The van der Waals surface area contributed by atoms with E-state index in [2.05, 4.69) is 46.3 Å². The third-order valence-electron chi connectivity index (χ3n) is 7.12. The summed E-state index contributed by atoms with van der Waals surface area (Å²) in [4.78, 5) is 7.07. The maximum absolute atomic E-state index is 11.7. The summed E-state index contributed by atoms with van der Waals surface area (Å²) < 4.78 is 5.39. The van der Waals surface area contributed by atoms with Gasteiger partial charge in [0.05, 0.1) is 12.8 Å². The molecule has 0 radical (unpaired) electrons. The molecule has 0 amide bonds. The first-order valence-electron chi connectivity index (χ1n) is 11.3. The number of hydrogen-bond donors (Lipinski definition) is 1. The van der Waals surface area contributed by atoms with E-state index in [9.17, 15) is 5.11 Å². The van der Waals surface area contributed by atoms with E-state index in [0.717, 1.165) is 43.9 Å². The lowest BCUT2D eigenvalue weighted by molar-refractivity contribution is -0.151. The summed E-state index contributed by atoms with van der Waals surface area (Å²) in [5.74, 6) is 1.34. The van der Waals surface area contributed by atoms with Crippen LogP contribution in [-0.4, -0.2) is 35.2 Å². The number of ether oxygens (including phenoxy) is 1. The molecule has 1 saturated carbocycles. The molecule has 1 aliphatic heterocycles. The van der Waals surface area contributed by atoms with Gasteiger partial charge in [0.2, 0.25) is 0 Å². The van der Waals surface area contributed by atoms with Crippen LogP contribution >= 0.6 is 0 Å². The number of piperidine rings is 1. The summed E-state index contributed by atoms with van der Waals surface area (Å²) in [6, 6.07) is 22.9. The Morgan fingerprint density at radius 1 is 0.968 bits per heavy atom. The predicted octanol–water partition coefficient (Wildman–Crippen LogP) is 4.88. The zero-order valence-corrected chi connectivity index (χ0v) is 18.1. The van der Waals surface area contributed by atoms with Crippen LogP contribution in [0.15, 0.2) is 72.9 Å². The minimum Gasteiger partial charge on any atom is -0.497 e. The third-order valence-corrected chi connectivity index (χ3v) is 7.12. The van der Waals surface area contributed by atoms with Gasteiger partial charge in [-0.3, -0.25) is 9.88 Å². The van der Waals surface area contributed by atoms with Gasteiger partial charge in [0.25, 0.3) is 0 Å². The summed E-state index contributed by atoms with van der Waals surface area (Å²) >= 11 is 0. The Kier molecular flexibility index (Phi) is 5.51. The molecule has 160 valence electrons. The van der Waals surface area contributed by atoms with Gasteiger partial charge in [0.1, 0.15) is 11.4 Å². The van der Waals surface area contributed by atoms with Gasteiger partial charge in [-0.25, -0.2) is 0 Å². The molecule has 2 fully saturated rings. The van der Waals surface area contributed by atoms with Crippen LogP contribution in [0.2, 0.25) is 0 Å². The van der Waals surface area contributed by atoms with E-state index in [1.165, 1.54) is 23.1 Å². The van der Waals surface area contributed by atoms with Gasteiger partial charge in [0.15, 0.2) is 0 Å². The van der Waals surface area contributed by atoms with Crippen molar-refractivity contribution in [2.75, 3.05) is 20.2 Å². The van der Waals surface area contributed by atoms with Crippen molar-refractivity contribution in [2.24, 2.45) is 11.8 Å². The number of fused-ring (bicyclic) bond motifs is 2. The Morgan fingerprint density at radius 3 is 2.42 bits per heavy atom. The number of hydrogen-bond acceptors (Lipinski definition) is 4. The van der Waals surface area contributed by atoms with Crippen molar-refractivity contribution in [1.82, 2.24) is 9.88 Å². The fourth-order valence-corrected chi connectivity index (χ4v) is 5.60. The van der Waals surface area contributed by atoms with Crippen LogP contribution < -0.4 is 4.74 Å². The van der Waals surface area contributed by atoms with E-state index >= 15 is 0 Å². The van der Waals surface area contributed by atoms with Crippen molar-refractivity contribution < 1.29 is 9.84 Å². The lowest BCUT2D eigenvalue weighted by Gasteiger charge is -2.52. The van der Waals surface area contributed by atoms with E-state index in [1.54, 1.807) is 13.3 Å². The maximum Gasteiger partial charge on any atom is 0.119 e. The number of rotatable bonds is 5. The molecule has 4 heteroatoms. The first kappa shape index (κ1) is 20.2. The Labute approximate surface area is 184 Å². The second kappa shape index (κ2) is 8.45. The van der Waals surface area contributed by atoms with E-state index in [-0.39, 0.29) is 11.8 Å². The highest BCUT2D eigenvalue weighted by molar-refractivity contribution is 5.65. The lowest BCUT2D eigenvalue weighted by Crippen LogP contribution is -2.58. The summed E-state index contributed by atoms with van der Waals surface area (Å²) in [6.45, 7) is 2.73. The molecule has 0 spiro atoms. The van der Waals surface area contributed by atoms with Gasteiger partial charge in [-0.15, -0.1) is 0 Å². The largest absolute Gasteiger partial charge is 0.497 e. The Bertz CT molecular complexity index is 1020. The first-order valence-corrected chi connectivity index (χ1v) is 11.3. The van der Waals surface area contributed by atoms with E-state index < -0.39 is 5.60 Å². The van der Waals surface area contributed by atoms with Crippen molar-refractivity contribution in [3.8, 4) is 16.9 Å². The fraction of sp³-hybridized carbons (Fsp3) is 0.370. The number of likely N-dealkylation sites (tertiary alicyclic amines) is 1. The standard InChI is InChI=1S/C27H30N2O2/c1-31-25-12-5-9-22(16-25)21-8-4-7-20(15-21)17-29-18-23-10-6-11-24(19-29)27(23,30)26-13-2-3-14-28-26/h2-5,7-9,12-16,23-24,30H,6,10-11,17-19H2,1H3/t23-,24-/m1/s1. The van der Waals surface area contributed by atoms with Crippen molar-refractivity contribution in [1.29, 1.82) is 0 Å². The molecule has 5 rings (SSSR count). The highest BCUT2D eigenvalue weighted by Crippen LogP contribution is 2.48. The van der Waals surface area contributed by atoms with Crippen LogP contribution in [0, 0.1) is 11.8 Å². The van der Waals surface area contributed by atoms with Crippen LogP contribution in [0.1, 0.15) is 30.5 Å². The van der Waals surface area contributed by atoms with Crippen molar-refractivity contribution in [2.45, 2.75) is 31.4 Å². The van der Waals surface area contributed by atoms with Gasteiger partial charge < -0.3 is 9.84 Å². The summed E-state index contributed by atoms with van der Waals surface area (Å²) in [5, 5.41) is 11.7. The highest BCUT2D eigenvalue weighted by atomic mass is 16.5. The second-order valence-corrected chi connectivity index (χ2v) is 8.99. The summed E-state index contributed by atoms with van der Waals surface area (Å²) in [7, 11) is 1.70. The molecular weight excluding hydrogens is 384 g/mol. The topological polar surface area (TPSA) is 45.6 Å². The van der Waals surface area contributed by atoms with Gasteiger partial charge in [-0.1, -0.05) is 42.8 Å². The third kappa shape index (κ3) is 3.86. The Hall–Kier alpha value is -2.69. The lowest BCUT2D eigenvalue weighted by atomic mass is 9.64. The minimum atomic E-state index is -0.793. The van der Waals surface area contributed by atoms with Gasteiger partial charge >= 0.3 is 0 Å². The zero-order valence-electron chi connectivity index (χ0n) is 18.1. The van der Waals surface area contributed by atoms with Crippen molar-refractivity contribution in [3.05, 3.63) is 84.2 Å². The molecule has 3 aromatic rings. The van der Waals surface area contributed by atoms with Crippen LogP contribution in [0.25, 0.3) is 11.1 Å². The molecule has 2 heterocycles. The van der Waals surface area contributed by atoms with Gasteiger partial charge in [0, 0.05) is 37.7 Å². The molecule has 4 nitrogen and oxygen atoms in total. The van der Waals surface area contributed by atoms with E-state index in [1.807, 2.05) is 30.3 Å². The molecule has 2 aliphatic rings. The fourth-order valence-electron chi connectivity index (χ4n) is 5.60. The summed E-state index contributed by atoms with van der Waals surface area (Å²) in [6.07, 6.45) is 5.12. The van der Waals surface area contributed by atoms with Crippen LogP contribution in [0.3, 0.4) is 0 Å². The predicted molar refractivity (Wildman–Crippen MR) is 123 cm³/mol. The molecule has 31 heavy (non-hydrogen) atoms. The molecule has 0 unspecified atom stereocenters. The number of methoxy groups -OCH3 is 1. The molecule has 2 aromatic carbocycles. The SMILES string of the molecule is COc1cccc(-c2cccc(CN3C[C@H]4CCC[C@H](C3)C4(O)c3ccccn3)c2)c1. The van der Waals surface area contributed by atoms with Crippen LogP contribution in [-0.2, 0) is 12.1 Å². The van der Waals surface area contributed by atoms with Crippen molar-refractivity contribution >= 4 is 0 Å². The van der Waals surface area contributed by atoms with Crippen LogP contribution in [0.5, 0.6) is 5.75 Å². The normalized spacial score (nSPS) is 25.9. The first-order chi connectivity index (χ1) is 15.2. The molecule has 1 N–H and O–H groups in total. The average Bonchev–Trinajstić information content (AvgIpc) is 2.80. The monoisotopic (exact) mass is 414 g/mol. The van der Waals surface area contributed by atoms with E-state index in [4.69, 9.17) is 4.74 Å². The number of pyridine rings is 1. The minimum absolute atomic E-state index is 0.233. The number of benzene rings is 2. The van der Waals surface area contributed by atoms with Crippen LogP contribution in [0.4, 0.5) is 0 Å². The zero-order chi connectivity index (χ0) is 21.3. The van der Waals surface area contributed by atoms with Gasteiger partial charge in [-0.2, -0.15) is 0 Å².